The summed E-state index contributed by atoms with van der Waals surface area (Å²) in [4.78, 5) is 2.37. The van der Waals surface area contributed by atoms with Crippen LogP contribution < -0.4 is 10.2 Å². The minimum absolute atomic E-state index is 0.305. The minimum Gasteiger partial charge on any atom is -0.371 e. The molecule has 0 aliphatic carbocycles. The van der Waals surface area contributed by atoms with Gasteiger partial charge in [0.05, 0.1) is 0 Å². The van der Waals surface area contributed by atoms with Crippen LogP contribution >= 0.6 is 23.4 Å². The number of hydrogen-bond acceptors (Lipinski definition) is 3. The highest BCUT2D eigenvalue weighted by Gasteiger charge is 2.21. The van der Waals surface area contributed by atoms with E-state index in [4.69, 9.17) is 11.6 Å². The molecular weight excluding hydrogens is 276 g/mol. The molecule has 2 unspecified atom stereocenters. The van der Waals surface area contributed by atoms with Gasteiger partial charge in [0.25, 0.3) is 0 Å². The van der Waals surface area contributed by atoms with Gasteiger partial charge in [-0.25, -0.2) is 0 Å². The number of nitrogens with one attached hydrogen (secondary N) is 1. The van der Waals surface area contributed by atoms with Crippen LogP contribution in [0.15, 0.2) is 18.2 Å². The zero-order valence-electron chi connectivity index (χ0n) is 11.9. The number of benzene rings is 1. The van der Waals surface area contributed by atoms with Crippen LogP contribution in [0.5, 0.6) is 0 Å². The number of halogens is 1. The predicted octanol–water partition coefficient (Wildman–Crippen LogP) is 3.95. The molecule has 1 fully saturated rings. The second-order valence-electron chi connectivity index (χ2n) is 5.11. The van der Waals surface area contributed by atoms with Gasteiger partial charge in [-0.05, 0) is 43.3 Å². The monoisotopic (exact) mass is 298 g/mol. The van der Waals surface area contributed by atoms with E-state index in [1.54, 1.807) is 0 Å². The van der Waals surface area contributed by atoms with Crippen LogP contribution in [0.4, 0.5) is 5.69 Å². The molecule has 0 spiro atoms. The summed E-state index contributed by atoms with van der Waals surface area (Å²) in [5.41, 5.74) is 2.41. The average Bonchev–Trinajstić information content (AvgIpc) is 2.91. The lowest BCUT2D eigenvalue weighted by atomic mass is 10.1. The summed E-state index contributed by atoms with van der Waals surface area (Å²) in [6.45, 7) is 5.23. The fourth-order valence-electron chi connectivity index (χ4n) is 2.54. The number of nitrogens with zero attached hydrogens (tertiary/aromatic N) is 1. The highest BCUT2D eigenvalue weighted by molar-refractivity contribution is 7.99. The van der Waals surface area contributed by atoms with Crippen molar-refractivity contribution in [3.63, 3.8) is 0 Å². The Bertz CT molecular complexity index is 419. The van der Waals surface area contributed by atoms with Crippen LogP contribution in [-0.2, 0) is 0 Å². The molecule has 19 heavy (non-hydrogen) atoms. The number of thioether (sulfide) groups is 1. The standard InChI is InChI=1S/C15H23ClN2S/c1-4-17-11(2)14-6-5-12(9-15(14)16)18(3)13-7-8-19-10-13/h5-6,9,11,13,17H,4,7-8,10H2,1-3H3. The van der Waals surface area contributed by atoms with Crippen molar-refractivity contribution >= 4 is 29.1 Å². The first-order chi connectivity index (χ1) is 9.13. The van der Waals surface area contributed by atoms with Crippen molar-refractivity contribution in [3.05, 3.63) is 28.8 Å². The Morgan fingerprint density at radius 1 is 1.53 bits per heavy atom. The molecular formula is C15H23ClN2S. The molecule has 1 aliphatic rings. The second-order valence-corrected chi connectivity index (χ2v) is 6.67. The summed E-state index contributed by atoms with van der Waals surface area (Å²) in [7, 11) is 2.18. The Morgan fingerprint density at radius 3 is 2.89 bits per heavy atom. The number of anilines is 1. The highest BCUT2D eigenvalue weighted by Crippen LogP contribution is 2.31. The SMILES string of the molecule is CCNC(C)c1ccc(N(C)C2CCSC2)cc1Cl. The van der Waals surface area contributed by atoms with Gasteiger partial charge in [0.15, 0.2) is 0 Å². The normalized spacial score (nSPS) is 20.5. The van der Waals surface area contributed by atoms with Gasteiger partial charge in [-0.1, -0.05) is 24.6 Å². The molecule has 0 radical (unpaired) electrons. The number of hydrogen-bond donors (Lipinski definition) is 1. The Morgan fingerprint density at radius 2 is 2.32 bits per heavy atom. The lowest BCUT2D eigenvalue weighted by Gasteiger charge is -2.27. The zero-order chi connectivity index (χ0) is 13.8. The van der Waals surface area contributed by atoms with E-state index in [-0.39, 0.29) is 0 Å². The van der Waals surface area contributed by atoms with Gasteiger partial charge in [0.1, 0.15) is 0 Å². The Balaban J connectivity index is 2.13. The summed E-state index contributed by atoms with van der Waals surface area (Å²) in [6.07, 6.45) is 1.27. The van der Waals surface area contributed by atoms with E-state index in [1.807, 2.05) is 11.8 Å². The van der Waals surface area contributed by atoms with E-state index in [1.165, 1.54) is 29.2 Å². The van der Waals surface area contributed by atoms with Crippen molar-refractivity contribution in [1.29, 1.82) is 0 Å². The summed E-state index contributed by atoms with van der Waals surface area (Å²) < 4.78 is 0. The van der Waals surface area contributed by atoms with E-state index in [0.717, 1.165) is 11.6 Å². The molecule has 0 bridgehead atoms. The summed E-state index contributed by atoms with van der Waals surface area (Å²) in [5, 5.41) is 4.27. The first-order valence-electron chi connectivity index (χ1n) is 6.97. The first-order valence-corrected chi connectivity index (χ1v) is 8.50. The quantitative estimate of drug-likeness (QED) is 0.886. The topological polar surface area (TPSA) is 15.3 Å². The molecule has 1 aromatic carbocycles. The van der Waals surface area contributed by atoms with Crippen LogP contribution in [-0.4, -0.2) is 31.1 Å². The Kier molecular flexibility index (Phi) is 5.43. The molecule has 1 heterocycles. The van der Waals surface area contributed by atoms with Gasteiger partial charge >= 0.3 is 0 Å². The van der Waals surface area contributed by atoms with E-state index in [0.29, 0.717) is 12.1 Å². The molecule has 1 aromatic rings. The maximum atomic E-state index is 6.44. The van der Waals surface area contributed by atoms with Crippen LogP contribution in [0.3, 0.4) is 0 Å². The van der Waals surface area contributed by atoms with Gasteiger partial charge in [-0.3, -0.25) is 0 Å². The Hall–Kier alpha value is -0.380. The molecule has 2 nitrogen and oxygen atoms in total. The molecule has 1 aliphatic heterocycles. The van der Waals surface area contributed by atoms with E-state index >= 15 is 0 Å². The molecule has 106 valence electrons. The smallest absolute Gasteiger partial charge is 0.0474 e. The minimum atomic E-state index is 0.305. The van der Waals surface area contributed by atoms with E-state index < -0.39 is 0 Å². The third kappa shape index (κ3) is 3.59. The highest BCUT2D eigenvalue weighted by atomic mass is 35.5. The van der Waals surface area contributed by atoms with Gasteiger partial charge in [0, 0.05) is 35.6 Å². The first kappa shape index (κ1) is 15.0. The molecule has 0 aromatic heterocycles. The largest absolute Gasteiger partial charge is 0.371 e. The Labute approximate surface area is 125 Å². The average molecular weight is 299 g/mol. The predicted molar refractivity (Wildman–Crippen MR) is 87.7 cm³/mol. The van der Waals surface area contributed by atoms with Crippen molar-refractivity contribution in [2.45, 2.75) is 32.4 Å². The molecule has 0 saturated carbocycles. The third-order valence-electron chi connectivity index (χ3n) is 3.82. The van der Waals surface area contributed by atoms with Crippen molar-refractivity contribution in [3.8, 4) is 0 Å². The van der Waals surface area contributed by atoms with Gasteiger partial charge < -0.3 is 10.2 Å². The lowest BCUT2D eigenvalue weighted by molar-refractivity contribution is 0.598. The molecule has 4 heteroatoms. The van der Waals surface area contributed by atoms with E-state index in [2.05, 4.69) is 49.3 Å². The van der Waals surface area contributed by atoms with Gasteiger partial charge in [-0.2, -0.15) is 11.8 Å². The van der Waals surface area contributed by atoms with Crippen molar-refractivity contribution < 1.29 is 0 Å². The van der Waals surface area contributed by atoms with Gasteiger partial charge in [0.2, 0.25) is 0 Å². The summed E-state index contributed by atoms with van der Waals surface area (Å²) in [5.74, 6) is 2.50. The molecule has 1 saturated heterocycles. The van der Waals surface area contributed by atoms with Crippen LogP contribution in [0.1, 0.15) is 31.9 Å². The molecule has 2 atom stereocenters. The number of rotatable bonds is 5. The van der Waals surface area contributed by atoms with Crippen molar-refractivity contribution in [2.75, 3.05) is 30.0 Å². The molecule has 1 N–H and O–H groups in total. The van der Waals surface area contributed by atoms with Crippen molar-refractivity contribution in [2.24, 2.45) is 0 Å². The van der Waals surface area contributed by atoms with Gasteiger partial charge in [-0.15, -0.1) is 0 Å². The summed E-state index contributed by atoms with van der Waals surface area (Å²) >= 11 is 8.48. The lowest BCUT2D eigenvalue weighted by Crippen LogP contribution is -2.31. The van der Waals surface area contributed by atoms with Crippen LogP contribution in [0.25, 0.3) is 0 Å². The molecule has 0 amide bonds. The van der Waals surface area contributed by atoms with Crippen LogP contribution in [0, 0.1) is 0 Å². The summed E-state index contributed by atoms with van der Waals surface area (Å²) in [6, 6.07) is 7.41. The zero-order valence-corrected chi connectivity index (χ0v) is 13.5. The fourth-order valence-corrected chi connectivity index (χ4v) is 4.15. The third-order valence-corrected chi connectivity index (χ3v) is 5.29. The van der Waals surface area contributed by atoms with Crippen LogP contribution in [0.2, 0.25) is 5.02 Å². The van der Waals surface area contributed by atoms with Crippen molar-refractivity contribution in [1.82, 2.24) is 5.32 Å². The fraction of sp³-hybridized carbons (Fsp3) is 0.600. The molecule has 2 rings (SSSR count). The maximum Gasteiger partial charge on any atom is 0.0474 e. The second kappa shape index (κ2) is 6.87. The van der Waals surface area contributed by atoms with E-state index in [9.17, 15) is 0 Å². The maximum absolute atomic E-state index is 6.44.